The Bertz CT molecular complexity index is 1350. The van der Waals surface area contributed by atoms with Gasteiger partial charge in [0.25, 0.3) is 11.8 Å². The molecular weight excluding hydrogens is 602 g/mol. The molecule has 1 saturated heterocycles. The molecule has 4 rings (SSSR count). The number of amides is 4. The first-order valence-corrected chi connectivity index (χ1v) is 16.6. The summed E-state index contributed by atoms with van der Waals surface area (Å²) in [6.45, 7) is 8.75. The molecule has 0 spiro atoms. The Morgan fingerprint density at radius 2 is 1.57 bits per heavy atom. The van der Waals surface area contributed by atoms with E-state index in [1.54, 1.807) is 60.5 Å². The van der Waals surface area contributed by atoms with E-state index < -0.39 is 11.9 Å². The molecule has 4 amide bonds. The van der Waals surface area contributed by atoms with E-state index in [-0.39, 0.29) is 55.7 Å². The number of methoxy groups -OCH3 is 1. The Labute approximate surface area is 277 Å². The highest BCUT2D eigenvalue weighted by atomic mass is 16.5. The Kier molecular flexibility index (Phi) is 13.9. The maximum Gasteiger partial charge on any atom is 0.255 e. The van der Waals surface area contributed by atoms with Crippen LogP contribution < -0.4 is 25.4 Å². The SMILES string of the molecule is COCCN1CCN(C(=O)[C@@H]2CCC(=O)N[C@@H](CC(C)C)COc3ccccc3C(=O)NCCCOc3ccccc3C(=O)N2)CC1. The quantitative estimate of drug-likeness (QED) is 0.433. The highest BCUT2D eigenvalue weighted by Crippen LogP contribution is 2.21. The number of para-hydroxylation sites is 2. The van der Waals surface area contributed by atoms with Gasteiger partial charge in [-0.1, -0.05) is 38.1 Å². The van der Waals surface area contributed by atoms with Gasteiger partial charge in [0.05, 0.1) is 30.4 Å². The maximum absolute atomic E-state index is 13.8. The zero-order valence-electron chi connectivity index (χ0n) is 27.8. The summed E-state index contributed by atoms with van der Waals surface area (Å²) in [6, 6.07) is 12.6. The lowest BCUT2D eigenvalue weighted by molar-refractivity contribution is -0.135. The summed E-state index contributed by atoms with van der Waals surface area (Å²) in [5.41, 5.74) is 0.695. The number of hydrogen-bond donors (Lipinski definition) is 3. The normalized spacial score (nSPS) is 20.9. The third-order valence-corrected chi connectivity index (χ3v) is 8.25. The van der Waals surface area contributed by atoms with Crippen LogP contribution in [-0.2, 0) is 14.3 Å². The Balaban J connectivity index is 1.54. The maximum atomic E-state index is 13.8. The van der Waals surface area contributed by atoms with E-state index in [0.29, 0.717) is 74.8 Å². The molecule has 12 nitrogen and oxygen atoms in total. The van der Waals surface area contributed by atoms with Gasteiger partial charge in [-0.05, 0) is 49.4 Å². The van der Waals surface area contributed by atoms with Gasteiger partial charge in [0.1, 0.15) is 24.1 Å². The van der Waals surface area contributed by atoms with Crippen LogP contribution >= 0.6 is 0 Å². The van der Waals surface area contributed by atoms with E-state index in [0.717, 1.165) is 6.54 Å². The van der Waals surface area contributed by atoms with E-state index in [4.69, 9.17) is 14.2 Å². The first-order valence-electron chi connectivity index (χ1n) is 16.6. The molecule has 256 valence electrons. The first kappa shape index (κ1) is 35.7. The first-order chi connectivity index (χ1) is 22.7. The third-order valence-electron chi connectivity index (χ3n) is 8.25. The molecule has 0 radical (unpaired) electrons. The van der Waals surface area contributed by atoms with Gasteiger partial charge in [0, 0.05) is 52.8 Å². The largest absolute Gasteiger partial charge is 0.493 e. The fourth-order valence-electron chi connectivity index (χ4n) is 5.74. The summed E-state index contributed by atoms with van der Waals surface area (Å²) in [7, 11) is 1.67. The molecule has 2 aliphatic heterocycles. The molecule has 0 aromatic heterocycles. The molecule has 3 N–H and O–H groups in total. The van der Waals surface area contributed by atoms with Crippen LogP contribution in [0.25, 0.3) is 0 Å². The lowest BCUT2D eigenvalue weighted by atomic mass is 10.0. The van der Waals surface area contributed by atoms with Crippen LogP contribution in [0.1, 0.15) is 60.2 Å². The highest BCUT2D eigenvalue weighted by Gasteiger charge is 2.30. The van der Waals surface area contributed by atoms with Gasteiger partial charge in [-0.3, -0.25) is 24.1 Å². The van der Waals surface area contributed by atoms with E-state index >= 15 is 0 Å². The van der Waals surface area contributed by atoms with Crippen LogP contribution in [0.5, 0.6) is 11.5 Å². The number of hydrogen-bond acceptors (Lipinski definition) is 8. The Morgan fingerprint density at radius 3 is 2.26 bits per heavy atom. The van der Waals surface area contributed by atoms with E-state index in [1.165, 1.54) is 0 Å². The molecule has 0 saturated carbocycles. The zero-order valence-corrected chi connectivity index (χ0v) is 27.8. The molecule has 0 bridgehead atoms. The summed E-state index contributed by atoms with van der Waals surface area (Å²) in [5.74, 6) is -0.117. The van der Waals surface area contributed by atoms with Crippen LogP contribution in [0, 0.1) is 5.92 Å². The van der Waals surface area contributed by atoms with Crippen molar-refractivity contribution < 1.29 is 33.4 Å². The third kappa shape index (κ3) is 11.0. The number of fused-ring (bicyclic) bond motifs is 2. The van der Waals surface area contributed by atoms with Gasteiger partial charge >= 0.3 is 0 Å². The van der Waals surface area contributed by atoms with Crippen LogP contribution in [0.2, 0.25) is 0 Å². The number of rotatable bonds is 6. The van der Waals surface area contributed by atoms with Gasteiger partial charge in [0.15, 0.2) is 0 Å². The minimum absolute atomic E-state index is 0.0240. The predicted octanol–water partition coefficient (Wildman–Crippen LogP) is 2.48. The summed E-state index contributed by atoms with van der Waals surface area (Å²) in [6.07, 6.45) is 1.31. The van der Waals surface area contributed by atoms with Gasteiger partial charge in [0.2, 0.25) is 11.8 Å². The highest BCUT2D eigenvalue weighted by molar-refractivity contribution is 6.00. The zero-order chi connectivity index (χ0) is 33.6. The molecule has 2 aliphatic rings. The molecule has 2 atom stereocenters. The van der Waals surface area contributed by atoms with Gasteiger partial charge in [-0.15, -0.1) is 0 Å². The number of nitrogens with zero attached hydrogens (tertiary/aromatic N) is 2. The van der Waals surface area contributed by atoms with Crippen molar-refractivity contribution in [3.8, 4) is 11.5 Å². The second kappa shape index (κ2) is 18.2. The van der Waals surface area contributed by atoms with Gasteiger partial charge in [-0.2, -0.15) is 0 Å². The van der Waals surface area contributed by atoms with Crippen molar-refractivity contribution in [1.82, 2.24) is 25.8 Å². The van der Waals surface area contributed by atoms with Crippen molar-refractivity contribution in [3.05, 3.63) is 59.7 Å². The van der Waals surface area contributed by atoms with E-state index in [2.05, 4.69) is 34.7 Å². The monoisotopic (exact) mass is 651 g/mol. The number of piperazine rings is 1. The molecule has 2 aromatic rings. The molecular formula is C35H49N5O7. The number of nitrogens with one attached hydrogen (secondary N) is 3. The number of carbonyl (C=O) groups is 4. The van der Waals surface area contributed by atoms with E-state index in [9.17, 15) is 19.2 Å². The van der Waals surface area contributed by atoms with Crippen molar-refractivity contribution >= 4 is 23.6 Å². The number of carbonyl (C=O) groups excluding carboxylic acids is 4. The van der Waals surface area contributed by atoms with Crippen molar-refractivity contribution in [1.29, 1.82) is 0 Å². The van der Waals surface area contributed by atoms with Crippen molar-refractivity contribution in [3.63, 3.8) is 0 Å². The predicted molar refractivity (Wildman–Crippen MR) is 178 cm³/mol. The average Bonchev–Trinajstić information content (AvgIpc) is 3.07. The molecule has 1 fully saturated rings. The lowest BCUT2D eigenvalue weighted by Gasteiger charge is -2.36. The standard InChI is InChI=1S/C35H49N5O7/c1-25(2)23-26-24-47-31-12-7-4-9-27(31)33(42)36-15-8-21-46-30-11-6-5-10-28(30)34(43)38-29(13-14-32(41)37-26)35(44)40-18-16-39(17-19-40)20-22-45-3/h4-7,9-12,25-26,29H,8,13-24H2,1-3H3,(H,36,42)(H,37,41)(H,38,43)/t26-,29-/m0/s1. The minimum atomic E-state index is -0.903. The van der Waals surface area contributed by atoms with Gasteiger partial charge in [-0.25, -0.2) is 0 Å². The van der Waals surface area contributed by atoms with Crippen molar-refractivity contribution in [2.45, 2.75) is 51.6 Å². The smallest absolute Gasteiger partial charge is 0.255 e. The number of benzene rings is 2. The summed E-state index contributed by atoms with van der Waals surface area (Å²) >= 11 is 0. The minimum Gasteiger partial charge on any atom is -0.493 e. The average molecular weight is 652 g/mol. The van der Waals surface area contributed by atoms with Gasteiger partial charge < -0.3 is 35.1 Å². The van der Waals surface area contributed by atoms with Crippen molar-refractivity contribution in [2.75, 3.05) is 66.2 Å². The van der Waals surface area contributed by atoms with Crippen LogP contribution in [-0.4, -0.2) is 112 Å². The molecule has 47 heavy (non-hydrogen) atoms. The summed E-state index contributed by atoms with van der Waals surface area (Å²) in [4.78, 5) is 57.7. The van der Waals surface area contributed by atoms with E-state index in [1.807, 2.05) is 0 Å². The lowest BCUT2D eigenvalue weighted by Crippen LogP contribution is -2.55. The summed E-state index contributed by atoms with van der Waals surface area (Å²) < 4.78 is 17.2. The Morgan fingerprint density at radius 1 is 0.915 bits per heavy atom. The number of ether oxygens (including phenoxy) is 3. The molecule has 12 heteroatoms. The van der Waals surface area contributed by atoms with Crippen LogP contribution in [0.3, 0.4) is 0 Å². The van der Waals surface area contributed by atoms with Crippen LogP contribution in [0.15, 0.2) is 48.5 Å². The fourth-order valence-corrected chi connectivity index (χ4v) is 5.74. The summed E-state index contributed by atoms with van der Waals surface area (Å²) in [5, 5.41) is 8.88. The second-order valence-electron chi connectivity index (χ2n) is 12.4. The molecule has 0 unspecified atom stereocenters. The van der Waals surface area contributed by atoms with Crippen LogP contribution in [0.4, 0.5) is 0 Å². The molecule has 2 aromatic carbocycles. The molecule has 0 aliphatic carbocycles. The fraction of sp³-hybridized carbons (Fsp3) is 0.543. The topological polar surface area (TPSA) is 139 Å². The second-order valence-corrected chi connectivity index (χ2v) is 12.4. The van der Waals surface area contributed by atoms with Crippen molar-refractivity contribution in [2.24, 2.45) is 5.92 Å². The Hall–Kier alpha value is -4.16. The molecule has 2 heterocycles.